The van der Waals surface area contributed by atoms with E-state index in [1.165, 1.54) is 43.7 Å². The van der Waals surface area contributed by atoms with Crippen LogP contribution in [0.15, 0.2) is 24.3 Å². The molecule has 0 atom stereocenters. The molecule has 3 heteroatoms. The number of anilines is 1. The van der Waals surface area contributed by atoms with Crippen LogP contribution in [0.5, 0.6) is 0 Å². The Morgan fingerprint density at radius 2 is 2.05 bits per heavy atom. The van der Waals surface area contributed by atoms with E-state index < -0.39 is 0 Å². The molecular formula is C17H29N3. The number of hydrogen-bond acceptors (Lipinski definition) is 3. The minimum Gasteiger partial charge on any atom is -0.384 e. The number of hydrogen-bond donors (Lipinski definition) is 1. The van der Waals surface area contributed by atoms with Gasteiger partial charge in [0.25, 0.3) is 0 Å². The molecule has 20 heavy (non-hydrogen) atoms. The lowest BCUT2D eigenvalue weighted by atomic mass is 9.97. The van der Waals surface area contributed by atoms with Gasteiger partial charge in [-0.2, -0.15) is 0 Å². The van der Waals surface area contributed by atoms with Crippen molar-refractivity contribution in [3.05, 3.63) is 29.8 Å². The maximum Gasteiger partial charge on any atom is 0.0343 e. The van der Waals surface area contributed by atoms with E-state index in [-0.39, 0.29) is 0 Å². The normalized spacial score (nSPS) is 17.6. The number of aryl methyl sites for hydroxylation is 1. The van der Waals surface area contributed by atoms with Crippen LogP contribution >= 0.6 is 0 Å². The third-order valence-electron chi connectivity index (χ3n) is 4.25. The van der Waals surface area contributed by atoms with Crippen LogP contribution in [0.4, 0.5) is 5.69 Å². The molecule has 1 aromatic rings. The molecule has 0 aliphatic carbocycles. The van der Waals surface area contributed by atoms with Gasteiger partial charge in [0.2, 0.25) is 0 Å². The Balaban J connectivity index is 1.64. The van der Waals surface area contributed by atoms with Crippen molar-refractivity contribution < 1.29 is 0 Å². The summed E-state index contributed by atoms with van der Waals surface area (Å²) in [5, 5.41) is 3.51. The molecule has 1 aliphatic rings. The van der Waals surface area contributed by atoms with Crippen LogP contribution in [-0.4, -0.2) is 56.6 Å². The third kappa shape index (κ3) is 5.14. The molecule has 0 saturated carbocycles. The smallest absolute Gasteiger partial charge is 0.0343 e. The van der Waals surface area contributed by atoms with Crippen molar-refractivity contribution in [3.63, 3.8) is 0 Å². The predicted molar refractivity (Wildman–Crippen MR) is 87.4 cm³/mol. The summed E-state index contributed by atoms with van der Waals surface area (Å²) < 4.78 is 0. The van der Waals surface area contributed by atoms with E-state index in [9.17, 15) is 0 Å². The van der Waals surface area contributed by atoms with Gasteiger partial charge in [0.05, 0.1) is 0 Å². The summed E-state index contributed by atoms with van der Waals surface area (Å²) in [5.74, 6) is 0.884. The number of benzene rings is 1. The van der Waals surface area contributed by atoms with Crippen molar-refractivity contribution in [1.29, 1.82) is 0 Å². The molecule has 112 valence electrons. The van der Waals surface area contributed by atoms with Crippen LogP contribution in [0.25, 0.3) is 0 Å². The molecule has 3 nitrogen and oxygen atoms in total. The Labute approximate surface area is 124 Å². The molecule has 2 rings (SSSR count). The van der Waals surface area contributed by atoms with E-state index in [0.29, 0.717) is 0 Å². The Morgan fingerprint density at radius 3 is 2.75 bits per heavy atom. The van der Waals surface area contributed by atoms with Gasteiger partial charge in [0.1, 0.15) is 0 Å². The van der Waals surface area contributed by atoms with Gasteiger partial charge in [-0.1, -0.05) is 12.1 Å². The van der Waals surface area contributed by atoms with E-state index in [1.807, 2.05) is 0 Å². The highest BCUT2D eigenvalue weighted by Gasteiger charge is 2.17. The minimum absolute atomic E-state index is 0.884. The number of nitrogens with zero attached hydrogens (tertiary/aromatic N) is 2. The number of likely N-dealkylation sites (tertiary alicyclic amines) is 1. The monoisotopic (exact) mass is 275 g/mol. The molecule has 1 N–H and O–H groups in total. The molecule has 0 amide bonds. The molecule has 1 saturated heterocycles. The van der Waals surface area contributed by atoms with Gasteiger partial charge < -0.3 is 15.1 Å². The quantitative estimate of drug-likeness (QED) is 0.861. The van der Waals surface area contributed by atoms with Crippen molar-refractivity contribution in [3.8, 4) is 0 Å². The first-order valence-electron chi connectivity index (χ1n) is 7.81. The number of nitrogens with one attached hydrogen (secondary N) is 1. The Hall–Kier alpha value is -1.06. The van der Waals surface area contributed by atoms with Gasteiger partial charge in [-0.15, -0.1) is 0 Å². The van der Waals surface area contributed by atoms with Crippen LogP contribution < -0.4 is 5.32 Å². The summed E-state index contributed by atoms with van der Waals surface area (Å²) in [6, 6.07) is 8.60. The molecule has 0 radical (unpaired) electrons. The largest absolute Gasteiger partial charge is 0.384 e. The number of likely N-dealkylation sites (N-methyl/N-ethyl adjacent to an activating group) is 1. The second-order valence-electron chi connectivity index (χ2n) is 6.31. The van der Waals surface area contributed by atoms with Crippen LogP contribution in [0, 0.1) is 12.8 Å². The van der Waals surface area contributed by atoms with Crippen molar-refractivity contribution >= 4 is 5.69 Å². The zero-order valence-corrected chi connectivity index (χ0v) is 13.2. The fourth-order valence-electron chi connectivity index (χ4n) is 2.92. The van der Waals surface area contributed by atoms with Crippen LogP contribution in [0.1, 0.15) is 18.4 Å². The lowest BCUT2D eigenvalue weighted by molar-refractivity contribution is 0.178. The van der Waals surface area contributed by atoms with Gasteiger partial charge in [0.15, 0.2) is 0 Å². The van der Waals surface area contributed by atoms with Gasteiger partial charge in [-0.25, -0.2) is 0 Å². The van der Waals surface area contributed by atoms with Gasteiger partial charge >= 0.3 is 0 Å². The highest BCUT2D eigenvalue weighted by atomic mass is 15.1. The maximum absolute atomic E-state index is 3.51. The highest BCUT2D eigenvalue weighted by molar-refractivity contribution is 5.45. The zero-order chi connectivity index (χ0) is 14.4. The molecule has 0 spiro atoms. The Bertz CT molecular complexity index is 397. The average Bonchev–Trinajstić information content (AvgIpc) is 2.41. The third-order valence-corrected chi connectivity index (χ3v) is 4.25. The van der Waals surface area contributed by atoms with E-state index in [4.69, 9.17) is 0 Å². The number of piperidine rings is 1. The van der Waals surface area contributed by atoms with Gasteiger partial charge in [-0.05, 0) is 70.6 Å². The molecule has 0 bridgehead atoms. The van der Waals surface area contributed by atoms with Crippen molar-refractivity contribution in [2.75, 3.05) is 52.1 Å². The summed E-state index contributed by atoms with van der Waals surface area (Å²) >= 11 is 0. The minimum atomic E-state index is 0.884. The number of rotatable bonds is 6. The highest BCUT2D eigenvalue weighted by Crippen LogP contribution is 2.16. The molecule has 1 aliphatic heterocycles. The topological polar surface area (TPSA) is 18.5 Å². The lowest BCUT2D eigenvalue weighted by Crippen LogP contribution is -2.37. The first kappa shape index (κ1) is 15.3. The van der Waals surface area contributed by atoms with Gasteiger partial charge in [0, 0.05) is 25.3 Å². The molecule has 0 aromatic heterocycles. The fourth-order valence-corrected chi connectivity index (χ4v) is 2.92. The first-order valence-corrected chi connectivity index (χ1v) is 7.81. The summed E-state index contributed by atoms with van der Waals surface area (Å²) in [6.07, 6.45) is 2.71. The van der Waals surface area contributed by atoms with Crippen LogP contribution in [0.2, 0.25) is 0 Å². The van der Waals surface area contributed by atoms with E-state index in [0.717, 1.165) is 19.0 Å². The van der Waals surface area contributed by atoms with E-state index in [2.05, 4.69) is 60.4 Å². The molecule has 1 heterocycles. The van der Waals surface area contributed by atoms with Gasteiger partial charge in [-0.3, -0.25) is 0 Å². The lowest BCUT2D eigenvalue weighted by Gasteiger charge is -2.31. The first-order chi connectivity index (χ1) is 9.63. The average molecular weight is 275 g/mol. The summed E-state index contributed by atoms with van der Waals surface area (Å²) in [7, 11) is 4.47. The van der Waals surface area contributed by atoms with E-state index >= 15 is 0 Å². The predicted octanol–water partition coefficient (Wildman–Crippen LogP) is 2.68. The second-order valence-corrected chi connectivity index (χ2v) is 6.31. The maximum atomic E-state index is 3.51. The summed E-state index contributed by atoms with van der Waals surface area (Å²) in [5.41, 5.74) is 2.55. The van der Waals surface area contributed by atoms with Crippen LogP contribution in [0.3, 0.4) is 0 Å². The Morgan fingerprint density at radius 1 is 1.30 bits per heavy atom. The zero-order valence-electron chi connectivity index (χ0n) is 13.2. The molecule has 0 unspecified atom stereocenters. The molecule has 1 fully saturated rings. The van der Waals surface area contributed by atoms with Crippen molar-refractivity contribution in [2.45, 2.75) is 19.8 Å². The van der Waals surface area contributed by atoms with Crippen molar-refractivity contribution in [1.82, 2.24) is 9.80 Å². The van der Waals surface area contributed by atoms with Crippen molar-refractivity contribution in [2.24, 2.45) is 5.92 Å². The SMILES string of the molecule is Cc1cccc(NCCN(C)CC2CCN(C)CC2)c1. The Kier molecular flexibility index (Phi) is 5.86. The fraction of sp³-hybridized carbons (Fsp3) is 0.647. The standard InChI is InChI=1S/C17H29N3/c1-15-5-4-6-17(13-15)18-9-12-20(3)14-16-7-10-19(2)11-8-16/h4-6,13,16,18H,7-12,14H2,1-3H3. The van der Waals surface area contributed by atoms with Crippen LogP contribution in [-0.2, 0) is 0 Å². The molecular weight excluding hydrogens is 246 g/mol. The van der Waals surface area contributed by atoms with E-state index in [1.54, 1.807) is 0 Å². The summed E-state index contributed by atoms with van der Waals surface area (Å²) in [4.78, 5) is 4.91. The second kappa shape index (κ2) is 7.65. The molecule has 1 aromatic carbocycles. The summed E-state index contributed by atoms with van der Waals surface area (Å²) in [6.45, 7) is 8.04.